The number of aromatic nitrogens is 2. The van der Waals surface area contributed by atoms with Crippen LogP contribution in [0.3, 0.4) is 0 Å². The van der Waals surface area contributed by atoms with Gasteiger partial charge in [0.25, 0.3) is 5.91 Å². The zero-order chi connectivity index (χ0) is 16.1. The number of benzene rings is 1. The topological polar surface area (TPSA) is 86.9 Å². The highest BCUT2D eigenvalue weighted by molar-refractivity contribution is 6.08. The van der Waals surface area contributed by atoms with E-state index in [2.05, 4.69) is 20.8 Å². The van der Waals surface area contributed by atoms with Crippen LogP contribution in [0.15, 0.2) is 36.5 Å². The number of para-hydroxylation sites is 1. The number of hydrogen-bond donors (Lipinski definition) is 3. The Hall–Kier alpha value is -2.63. The summed E-state index contributed by atoms with van der Waals surface area (Å²) in [6.45, 7) is 0. The van der Waals surface area contributed by atoms with Crippen molar-refractivity contribution < 1.29 is 9.59 Å². The third-order valence-electron chi connectivity index (χ3n) is 4.13. The molecule has 1 saturated carbocycles. The Labute approximate surface area is 134 Å². The summed E-state index contributed by atoms with van der Waals surface area (Å²) in [5, 5.41) is 12.1. The molecule has 1 aliphatic carbocycles. The van der Waals surface area contributed by atoms with Gasteiger partial charge < -0.3 is 10.6 Å². The zero-order valence-corrected chi connectivity index (χ0v) is 12.8. The quantitative estimate of drug-likeness (QED) is 0.810. The third-order valence-corrected chi connectivity index (χ3v) is 4.13. The molecule has 0 atom stereocenters. The maximum Gasteiger partial charge on any atom is 0.275 e. The molecule has 0 saturated heterocycles. The van der Waals surface area contributed by atoms with Crippen LogP contribution in [0.2, 0.25) is 0 Å². The molecule has 0 bridgehead atoms. The number of rotatable bonds is 4. The summed E-state index contributed by atoms with van der Waals surface area (Å²) in [7, 11) is 0. The Morgan fingerprint density at radius 3 is 2.52 bits per heavy atom. The molecule has 6 nitrogen and oxygen atoms in total. The average molecular weight is 312 g/mol. The van der Waals surface area contributed by atoms with Crippen LogP contribution < -0.4 is 10.6 Å². The standard InChI is InChI=1S/C17H20N4O2/c22-16(12-7-3-1-4-8-12)20-14-11-18-21-15(14)17(23)19-13-9-5-2-6-10-13/h2,5-6,9-12H,1,3-4,7-8H2,(H,18,21)(H,19,23)(H,20,22). The lowest BCUT2D eigenvalue weighted by Gasteiger charge is -2.20. The number of carbonyl (C=O) groups is 2. The van der Waals surface area contributed by atoms with Gasteiger partial charge in [0.15, 0.2) is 0 Å². The van der Waals surface area contributed by atoms with E-state index in [0.29, 0.717) is 11.4 Å². The summed E-state index contributed by atoms with van der Waals surface area (Å²) < 4.78 is 0. The van der Waals surface area contributed by atoms with Crippen LogP contribution in [-0.4, -0.2) is 22.0 Å². The van der Waals surface area contributed by atoms with E-state index >= 15 is 0 Å². The fraction of sp³-hybridized carbons (Fsp3) is 0.353. The number of aromatic amines is 1. The van der Waals surface area contributed by atoms with E-state index in [9.17, 15) is 9.59 Å². The van der Waals surface area contributed by atoms with Crippen LogP contribution in [0.25, 0.3) is 0 Å². The molecule has 1 aromatic carbocycles. The maximum absolute atomic E-state index is 12.3. The van der Waals surface area contributed by atoms with Gasteiger partial charge in [0, 0.05) is 11.6 Å². The Bertz CT molecular complexity index is 675. The lowest BCUT2D eigenvalue weighted by atomic mass is 9.88. The van der Waals surface area contributed by atoms with Gasteiger partial charge in [-0.15, -0.1) is 0 Å². The lowest BCUT2D eigenvalue weighted by molar-refractivity contribution is -0.120. The van der Waals surface area contributed by atoms with Crippen LogP contribution in [0.4, 0.5) is 11.4 Å². The molecule has 120 valence electrons. The van der Waals surface area contributed by atoms with Gasteiger partial charge in [0.2, 0.25) is 5.91 Å². The Morgan fingerprint density at radius 1 is 1.04 bits per heavy atom. The molecular weight excluding hydrogens is 292 g/mol. The lowest BCUT2D eigenvalue weighted by Crippen LogP contribution is -2.26. The summed E-state index contributed by atoms with van der Waals surface area (Å²) in [6, 6.07) is 9.16. The summed E-state index contributed by atoms with van der Waals surface area (Å²) in [4.78, 5) is 24.6. The smallest absolute Gasteiger partial charge is 0.275 e. The van der Waals surface area contributed by atoms with Crippen LogP contribution in [0, 0.1) is 5.92 Å². The summed E-state index contributed by atoms with van der Waals surface area (Å²) in [6.07, 6.45) is 6.67. The van der Waals surface area contributed by atoms with Crippen molar-refractivity contribution in [1.82, 2.24) is 10.2 Å². The molecule has 1 heterocycles. The molecule has 0 unspecified atom stereocenters. The highest BCUT2D eigenvalue weighted by atomic mass is 16.2. The molecule has 23 heavy (non-hydrogen) atoms. The van der Waals surface area contributed by atoms with Gasteiger partial charge >= 0.3 is 0 Å². The highest BCUT2D eigenvalue weighted by Gasteiger charge is 2.23. The van der Waals surface area contributed by atoms with Gasteiger partial charge in [0.05, 0.1) is 11.9 Å². The first kappa shape index (κ1) is 15.3. The molecule has 0 aliphatic heterocycles. The number of hydrogen-bond acceptors (Lipinski definition) is 3. The average Bonchev–Trinajstić information content (AvgIpc) is 3.05. The normalized spacial score (nSPS) is 15.1. The first-order valence-electron chi connectivity index (χ1n) is 7.94. The fourth-order valence-corrected chi connectivity index (χ4v) is 2.87. The first-order valence-corrected chi connectivity index (χ1v) is 7.94. The number of H-pyrrole nitrogens is 1. The molecule has 3 N–H and O–H groups in total. The van der Waals surface area contributed by atoms with Gasteiger partial charge in [-0.3, -0.25) is 14.7 Å². The van der Waals surface area contributed by atoms with Gasteiger partial charge in [-0.2, -0.15) is 5.10 Å². The Kier molecular flexibility index (Phi) is 4.71. The molecule has 0 radical (unpaired) electrons. The van der Waals surface area contributed by atoms with Crippen molar-refractivity contribution in [2.45, 2.75) is 32.1 Å². The number of carbonyl (C=O) groups excluding carboxylic acids is 2. The van der Waals surface area contributed by atoms with E-state index in [1.54, 1.807) is 12.1 Å². The van der Waals surface area contributed by atoms with Crippen LogP contribution in [0.1, 0.15) is 42.6 Å². The summed E-state index contributed by atoms with van der Waals surface area (Å²) >= 11 is 0. The van der Waals surface area contributed by atoms with Crippen molar-refractivity contribution in [2.24, 2.45) is 5.92 Å². The van der Waals surface area contributed by atoms with Crippen LogP contribution >= 0.6 is 0 Å². The Balaban J connectivity index is 1.66. The molecule has 1 aliphatic rings. The van der Waals surface area contributed by atoms with Crippen molar-refractivity contribution in [3.8, 4) is 0 Å². The summed E-state index contributed by atoms with van der Waals surface area (Å²) in [5.41, 5.74) is 1.38. The fourth-order valence-electron chi connectivity index (χ4n) is 2.87. The van der Waals surface area contributed by atoms with Crippen molar-refractivity contribution in [1.29, 1.82) is 0 Å². The number of amides is 2. The minimum Gasteiger partial charge on any atom is -0.323 e. The second-order valence-electron chi connectivity index (χ2n) is 5.80. The maximum atomic E-state index is 12.3. The van der Waals surface area contributed by atoms with Crippen LogP contribution in [0.5, 0.6) is 0 Å². The van der Waals surface area contributed by atoms with Crippen molar-refractivity contribution in [2.75, 3.05) is 10.6 Å². The van der Waals surface area contributed by atoms with E-state index in [-0.39, 0.29) is 23.4 Å². The molecular formula is C17H20N4O2. The highest BCUT2D eigenvalue weighted by Crippen LogP contribution is 2.25. The third kappa shape index (κ3) is 3.77. The van der Waals surface area contributed by atoms with Crippen molar-refractivity contribution >= 4 is 23.2 Å². The SMILES string of the molecule is O=C(Nc1ccccc1)c1[nH]ncc1NC(=O)C1CCCCC1. The molecule has 0 spiro atoms. The number of nitrogens with one attached hydrogen (secondary N) is 3. The minimum atomic E-state index is -0.326. The predicted octanol–water partition coefficient (Wildman–Crippen LogP) is 3.18. The van der Waals surface area contributed by atoms with E-state index in [1.807, 2.05) is 18.2 Å². The van der Waals surface area contributed by atoms with E-state index in [4.69, 9.17) is 0 Å². The zero-order valence-electron chi connectivity index (χ0n) is 12.8. The molecule has 3 rings (SSSR count). The number of anilines is 2. The summed E-state index contributed by atoms with van der Waals surface area (Å²) in [5.74, 6) is -0.323. The van der Waals surface area contributed by atoms with E-state index in [1.165, 1.54) is 12.6 Å². The largest absolute Gasteiger partial charge is 0.323 e. The second-order valence-corrected chi connectivity index (χ2v) is 5.80. The number of nitrogens with zero attached hydrogens (tertiary/aromatic N) is 1. The van der Waals surface area contributed by atoms with Gasteiger partial charge in [-0.25, -0.2) is 0 Å². The predicted molar refractivity (Wildman–Crippen MR) is 88.2 cm³/mol. The van der Waals surface area contributed by atoms with Gasteiger partial charge in [0.1, 0.15) is 5.69 Å². The van der Waals surface area contributed by atoms with Gasteiger partial charge in [-0.05, 0) is 25.0 Å². The van der Waals surface area contributed by atoms with Gasteiger partial charge in [-0.1, -0.05) is 37.5 Å². The minimum absolute atomic E-state index is 0.0279. The molecule has 2 amide bonds. The van der Waals surface area contributed by atoms with E-state index in [0.717, 1.165) is 25.7 Å². The monoisotopic (exact) mass is 312 g/mol. The molecule has 1 aromatic heterocycles. The van der Waals surface area contributed by atoms with Crippen molar-refractivity contribution in [3.05, 3.63) is 42.2 Å². The molecule has 1 fully saturated rings. The second kappa shape index (κ2) is 7.09. The Morgan fingerprint density at radius 2 is 1.78 bits per heavy atom. The first-order chi connectivity index (χ1) is 11.2. The van der Waals surface area contributed by atoms with Crippen molar-refractivity contribution in [3.63, 3.8) is 0 Å². The van der Waals surface area contributed by atoms with Crippen LogP contribution in [-0.2, 0) is 4.79 Å². The molecule has 2 aromatic rings. The van der Waals surface area contributed by atoms with E-state index < -0.39 is 0 Å². The molecule has 6 heteroatoms.